The van der Waals surface area contributed by atoms with Gasteiger partial charge in [-0.15, -0.1) is 0 Å². The van der Waals surface area contributed by atoms with Gasteiger partial charge in [0.25, 0.3) is 0 Å². The van der Waals surface area contributed by atoms with Crippen LogP contribution in [0.2, 0.25) is 0 Å². The number of halogens is 1. The van der Waals surface area contributed by atoms with Gasteiger partial charge in [-0.25, -0.2) is 9.37 Å². The third kappa shape index (κ3) is 2.17. The van der Waals surface area contributed by atoms with Crippen molar-refractivity contribution in [3.05, 3.63) is 24.1 Å². The van der Waals surface area contributed by atoms with Gasteiger partial charge >= 0.3 is 0 Å². The van der Waals surface area contributed by atoms with Gasteiger partial charge in [0, 0.05) is 13.6 Å². The van der Waals surface area contributed by atoms with E-state index in [0.29, 0.717) is 12.4 Å². The zero-order valence-electron chi connectivity index (χ0n) is 6.87. The Bertz CT molecular complexity index is 237. The summed E-state index contributed by atoms with van der Waals surface area (Å²) in [5.74, 6) is 0.307. The second kappa shape index (κ2) is 4.01. The molecule has 66 valence electrons. The fourth-order valence-electron chi connectivity index (χ4n) is 0.858. The van der Waals surface area contributed by atoms with Crippen LogP contribution < -0.4 is 4.90 Å². The predicted molar refractivity (Wildman–Crippen MR) is 44.6 cm³/mol. The Hall–Kier alpha value is -1.16. The number of pyridine rings is 1. The molecule has 0 radical (unpaired) electrons. The summed E-state index contributed by atoms with van der Waals surface area (Å²) >= 11 is 0. The molecule has 0 saturated heterocycles. The predicted octanol–water partition coefficient (Wildman–Crippen LogP) is 0.649. The zero-order chi connectivity index (χ0) is 8.97. The van der Waals surface area contributed by atoms with E-state index in [9.17, 15) is 4.39 Å². The van der Waals surface area contributed by atoms with Crippen molar-refractivity contribution in [1.82, 2.24) is 4.98 Å². The summed E-state index contributed by atoms with van der Waals surface area (Å²) in [6, 6.07) is 2.92. The maximum atomic E-state index is 12.4. The normalized spacial score (nSPS) is 9.92. The van der Waals surface area contributed by atoms with E-state index in [1.807, 2.05) is 0 Å². The summed E-state index contributed by atoms with van der Waals surface area (Å²) in [5, 5.41) is 8.61. The molecule has 12 heavy (non-hydrogen) atoms. The van der Waals surface area contributed by atoms with Crippen LogP contribution in [0, 0.1) is 5.82 Å². The first kappa shape index (κ1) is 8.93. The molecule has 4 heteroatoms. The molecule has 3 nitrogen and oxygen atoms in total. The Morgan fingerprint density at radius 1 is 1.58 bits per heavy atom. The molecule has 0 bridgehead atoms. The molecular weight excluding hydrogens is 159 g/mol. The Kier molecular flexibility index (Phi) is 2.99. The number of rotatable bonds is 3. The highest BCUT2D eigenvalue weighted by Crippen LogP contribution is 2.07. The third-order valence-corrected chi connectivity index (χ3v) is 1.54. The van der Waals surface area contributed by atoms with Crippen molar-refractivity contribution in [3.63, 3.8) is 0 Å². The Morgan fingerprint density at radius 2 is 2.33 bits per heavy atom. The molecule has 1 aromatic heterocycles. The highest BCUT2D eigenvalue weighted by Gasteiger charge is 2.00. The van der Waals surface area contributed by atoms with Gasteiger partial charge < -0.3 is 10.0 Å². The van der Waals surface area contributed by atoms with E-state index in [2.05, 4.69) is 4.98 Å². The number of nitrogens with zero attached hydrogens (tertiary/aromatic N) is 2. The lowest BCUT2D eigenvalue weighted by atomic mass is 10.4. The molecular formula is C8H11FN2O. The average molecular weight is 170 g/mol. The number of aliphatic hydroxyl groups excluding tert-OH is 1. The van der Waals surface area contributed by atoms with Crippen molar-refractivity contribution in [2.45, 2.75) is 0 Å². The molecule has 1 heterocycles. The molecule has 0 unspecified atom stereocenters. The summed E-state index contributed by atoms with van der Waals surface area (Å²) in [6.07, 6.45) is 1.16. The SMILES string of the molecule is CN(CCO)c1ccc(F)cn1. The third-order valence-electron chi connectivity index (χ3n) is 1.54. The lowest BCUT2D eigenvalue weighted by Gasteiger charge is -2.15. The molecule has 0 amide bonds. The fraction of sp³-hybridized carbons (Fsp3) is 0.375. The van der Waals surface area contributed by atoms with E-state index < -0.39 is 0 Å². The minimum absolute atomic E-state index is 0.0650. The smallest absolute Gasteiger partial charge is 0.141 e. The number of anilines is 1. The number of hydrogen-bond acceptors (Lipinski definition) is 3. The van der Waals surface area contributed by atoms with Crippen LogP contribution in [0.1, 0.15) is 0 Å². The van der Waals surface area contributed by atoms with Crippen molar-refractivity contribution in [1.29, 1.82) is 0 Å². The zero-order valence-corrected chi connectivity index (χ0v) is 6.87. The van der Waals surface area contributed by atoms with Gasteiger partial charge in [0.15, 0.2) is 0 Å². The van der Waals surface area contributed by atoms with E-state index in [1.54, 1.807) is 18.0 Å². The fourth-order valence-corrected chi connectivity index (χ4v) is 0.858. The molecule has 0 spiro atoms. The minimum Gasteiger partial charge on any atom is -0.395 e. The van der Waals surface area contributed by atoms with Gasteiger partial charge in [-0.2, -0.15) is 0 Å². The van der Waals surface area contributed by atoms with Gasteiger partial charge in [0.1, 0.15) is 11.6 Å². The summed E-state index contributed by atoms with van der Waals surface area (Å²) in [5.41, 5.74) is 0. The van der Waals surface area contributed by atoms with E-state index >= 15 is 0 Å². The van der Waals surface area contributed by atoms with E-state index in [0.717, 1.165) is 6.20 Å². The molecule has 0 saturated carbocycles. The topological polar surface area (TPSA) is 36.4 Å². The van der Waals surface area contributed by atoms with Gasteiger partial charge in [-0.05, 0) is 12.1 Å². The van der Waals surface area contributed by atoms with Gasteiger partial charge in [-0.1, -0.05) is 0 Å². The quantitative estimate of drug-likeness (QED) is 0.723. The summed E-state index contributed by atoms with van der Waals surface area (Å²) < 4.78 is 12.4. The molecule has 1 N–H and O–H groups in total. The first-order chi connectivity index (χ1) is 5.74. The first-order valence-electron chi connectivity index (χ1n) is 3.67. The molecule has 0 aliphatic carbocycles. The Labute approximate surface area is 70.5 Å². The molecule has 0 atom stereocenters. The van der Waals surface area contributed by atoms with Gasteiger partial charge in [0.2, 0.25) is 0 Å². The molecule has 0 aliphatic heterocycles. The van der Waals surface area contributed by atoms with Crippen molar-refractivity contribution >= 4 is 5.82 Å². The maximum Gasteiger partial charge on any atom is 0.141 e. The van der Waals surface area contributed by atoms with Crippen molar-refractivity contribution in [3.8, 4) is 0 Å². The Morgan fingerprint density at radius 3 is 2.83 bits per heavy atom. The number of aliphatic hydroxyl groups is 1. The monoisotopic (exact) mass is 170 g/mol. The molecule has 1 rings (SSSR count). The molecule has 1 aromatic rings. The van der Waals surface area contributed by atoms with Crippen LogP contribution in [0.25, 0.3) is 0 Å². The summed E-state index contributed by atoms with van der Waals surface area (Å²) in [7, 11) is 1.79. The molecule has 0 fully saturated rings. The van der Waals surface area contributed by atoms with Crippen molar-refractivity contribution in [2.24, 2.45) is 0 Å². The highest BCUT2D eigenvalue weighted by molar-refractivity contribution is 5.36. The minimum atomic E-state index is -0.351. The molecule has 0 aromatic carbocycles. The lowest BCUT2D eigenvalue weighted by molar-refractivity contribution is 0.304. The van der Waals surface area contributed by atoms with Crippen molar-refractivity contribution < 1.29 is 9.50 Å². The van der Waals surface area contributed by atoms with Crippen LogP contribution in [-0.4, -0.2) is 30.3 Å². The van der Waals surface area contributed by atoms with Crippen LogP contribution in [-0.2, 0) is 0 Å². The summed E-state index contributed by atoms with van der Waals surface area (Å²) in [6.45, 7) is 0.564. The number of hydrogen-bond donors (Lipinski definition) is 1. The van der Waals surface area contributed by atoms with Crippen LogP contribution in [0.4, 0.5) is 10.2 Å². The lowest BCUT2D eigenvalue weighted by Crippen LogP contribution is -2.21. The number of likely N-dealkylation sites (N-methyl/N-ethyl adjacent to an activating group) is 1. The largest absolute Gasteiger partial charge is 0.395 e. The van der Waals surface area contributed by atoms with Crippen LogP contribution >= 0.6 is 0 Å². The van der Waals surface area contributed by atoms with Crippen LogP contribution in [0.15, 0.2) is 18.3 Å². The average Bonchev–Trinajstić information content (AvgIpc) is 2.06. The second-order valence-corrected chi connectivity index (χ2v) is 2.48. The van der Waals surface area contributed by atoms with E-state index in [4.69, 9.17) is 5.11 Å². The van der Waals surface area contributed by atoms with Crippen molar-refractivity contribution in [2.75, 3.05) is 25.1 Å². The number of aromatic nitrogens is 1. The van der Waals surface area contributed by atoms with Gasteiger partial charge in [-0.3, -0.25) is 0 Å². The van der Waals surface area contributed by atoms with E-state index in [1.165, 1.54) is 6.07 Å². The summed E-state index contributed by atoms with van der Waals surface area (Å²) in [4.78, 5) is 5.59. The molecule has 0 aliphatic rings. The second-order valence-electron chi connectivity index (χ2n) is 2.48. The van der Waals surface area contributed by atoms with E-state index in [-0.39, 0.29) is 12.4 Å². The Balaban J connectivity index is 2.68. The van der Waals surface area contributed by atoms with Crippen LogP contribution in [0.5, 0.6) is 0 Å². The first-order valence-corrected chi connectivity index (χ1v) is 3.67. The standard InChI is InChI=1S/C8H11FN2O/c1-11(4-5-12)8-3-2-7(9)6-10-8/h2-3,6,12H,4-5H2,1H3. The highest BCUT2D eigenvalue weighted by atomic mass is 19.1. The van der Waals surface area contributed by atoms with Gasteiger partial charge in [0.05, 0.1) is 12.8 Å². The van der Waals surface area contributed by atoms with Crippen LogP contribution in [0.3, 0.4) is 0 Å². The maximum absolute atomic E-state index is 12.4.